The van der Waals surface area contributed by atoms with Gasteiger partial charge in [0.25, 0.3) is 0 Å². The van der Waals surface area contributed by atoms with E-state index in [9.17, 15) is 9.90 Å². The summed E-state index contributed by atoms with van der Waals surface area (Å²) in [7, 11) is 0. The topological polar surface area (TPSA) is 40.5 Å². The van der Waals surface area contributed by atoms with Crippen LogP contribution in [-0.4, -0.2) is 45.6 Å². The summed E-state index contributed by atoms with van der Waals surface area (Å²) in [4.78, 5) is 13.9. The maximum Gasteiger partial charge on any atom is 0.235 e. The molecular formula is C11H21NO2S. The van der Waals surface area contributed by atoms with Crippen molar-refractivity contribution in [2.45, 2.75) is 50.2 Å². The molecule has 3 atom stereocenters. The number of aliphatic hydroxyl groups excluding tert-OH is 1. The van der Waals surface area contributed by atoms with Crippen molar-refractivity contribution >= 4 is 17.7 Å². The van der Waals surface area contributed by atoms with Gasteiger partial charge >= 0.3 is 0 Å². The van der Waals surface area contributed by atoms with Gasteiger partial charge in [-0.25, -0.2) is 0 Å². The van der Waals surface area contributed by atoms with Gasteiger partial charge in [0.2, 0.25) is 5.91 Å². The predicted molar refractivity (Wildman–Crippen MR) is 64.0 cm³/mol. The lowest BCUT2D eigenvalue weighted by atomic mass is 10.3. The van der Waals surface area contributed by atoms with E-state index in [0.29, 0.717) is 0 Å². The van der Waals surface area contributed by atoms with E-state index in [4.69, 9.17) is 0 Å². The third kappa shape index (κ3) is 3.68. The molecule has 0 aromatic carbocycles. The van der Waals surface area contributed by atoms with Crippen molar-refractivity contribution < 1.29 is 9.90 Å². The molecule has 1 aliphatic heterocycles. The Kier molecular flexibility index (Phi) is 4.93. The molecule has 4 heteroatoms. The Balaban J connectivity index is 2.38. The van der Waals surface area contributed by atoms with Gasteiger partial charge in [0, 0.05) is 18.3 Å². The van der Waals surface area contributed by atoms with Crippen LogP contribution in [-0.2, 0) is 4.79 Å². The van der Waals surface area contributed by atoms with Crippen molar-refractivity contribution in [2.75, 3.05) is 13.1 Å². The molecule has 1 saturated heterocycles. The number of rotatable bonds is 4. The number of aliphatic hydroxyl groups is 1. The van der Waals surface area contributed by atoms with Crippen LogP contribution in [0.25, 0.3) is 0 Å². The standard InChI is InChI=1S/C11H21NO2S/c1-8(13)9(2)15-10(3)11(14)12-6-4-5-7-12/h8-10,13H,4-7H2,1-3H3/t8-,9-,10-/m0/s1. The first-order valence-corrected chi connectivity index (χ1v) is 6.59. The van der Waals surface area contributed by atoms with Crippen LogP contribution in [0.1, 0.15) is 33.6 Å². The first-order chi connectivity index (χ1) is 7.02. The van der Waals surface area contributed by atoms with Gasteiger partial charge in [-0.3, -0.25) is 4.79 Å². The van der Waals surface area contributed by atoms with E-state index in [-0.39, 0.29) is 22.5 Å². The van der Waals surface area contributed by atoms with Crippen molar-refractivity contribution in [3.8, 4) is 0 Å². The molecule has 0 aromatic heterocycles. The maximum atomic E-state index is 11.9. The Hall–Kier alpha value is -0.220. The molecule has 3 nitrogen and oxygen atoms in total. The predicted octanol–water partition coefficient (Wildman–Crippen LogP) is 1.50. The highest BCUT2D eigenvalue weighted by molar-refractivity contribution is 8.01. The van der Waals surface area contributed by atoms with Crippen LogP contribution in [0.5, 0.6) is 0 Å². The zero-order chi connectivity index (χ0) is 11.4. The molecule has 1 amide bonds. The fourth-order valence-corrected chi connectivity index (χ4v) is 2.83. The zero-order valence-corrected chi connectivity index (χ0v) is 10.6. The fraction of sp³-hybridized carbons (Fsp3) is 0.909. The minimum atomic E-state index is -0.358. The van der Waals surface area contributed by atoms with Crippen LogP contribution in [0.4, 0.5) is 0 Å². The van der Waals surface area contributed by atoms with Crippen LogP contribution in [0.3, 0.4) is 0 Å². The second-order valence-corrected chi connectivity index (χ2v) is 5.98. The maximum absolute atomic E-state index is 11.9. The molecule has 1 fully saturated rings. The summed E-state index contributed by atoms with van der Waals surface area (Å²) in [6.07, 6.45) is 1.91. The van der Waals surface area contributed by atoms with E-state index >= 15 is 0 Å². The van der Waals surface area contributed by atoms with Gasteiger partial charge in [-0.15, -0.1) is 11.8 Å². The number of nitrogens with zero attached hydrogens (tertiary/aromatic N) is 1. The summed E-state index contributed by atoms with van der Waals surface area (Å²) in [6, 6.07) is 0. The highest BCUT2D eigenvalue weighted by Crippen LogP contribution is 2.23. The molecular weight excluding hydrogens is 210 g/mol. The molecule has 15 heavy (non-hydrogen) atoms. The van der Waals surface area contributed by atoms with Gasteiger partial charge in [0.1, 0.15) is 0 Å². The fourth-order valence-electron chi connectivity index (χ4n) is 1.69. The number of carbonyl (C=O) groups excluding carboxylic acids is 1. The SMILES string of the molecule is C[C@H](S[C@@H](C)[C@H](C)O)C(=O)N1CCCC1. The first kappa shape index (κ1) is 12.8. The third-order valence-corrected chi connectivity index (χ3v) is 4.30. The quantitative estimate of drug-likeness (QED) is 0.797. The van der Waals surface area contributed by atoms with Crippen LogP contribution >= 0.6 is 11.8 Å². The van der Waals surface area contributed by atoms with Crippen molar-refractivity contribution in [1.82, 2.24) is 4.90 Å². The Morgan fingerprint density at radius 1 is 1.27 bits per heavy atom. The van der Waals surface area contributed by atoms with E-state index in [2.05, 4.69) is 0 Å². The van der Waals surface area contributed by atoms with Crippen molar-refractivity contribution in [3.63, 3.8) is 0 Å². The number of likely N-dealkylation sites (tertiary alicyclic amines) is 1. The first-order valence-electron chi connectivity index (χ1n) is 5.64. The molecule has 0 spiro atoms. The summed E-state index contributed by atoms with van der Waals surface area (Å²) in [5.41, 5.74) is 0. The largest absolute Gasteiger partial charge is 0.392 e. The summed E-state index contributed by atoms with van der Waals surface area (Å²) >= 11 is 1.56. The molecule has 1 N–H and O–H groups in total. The van der Waals surface area contributed by atoms with Crippen LogP contribution in [0, 0.1) is 0 Å². The van der Waals surface area contributed by atoms with Crippen LogP contribution in [0.15, 0.2) is 0 Å². The Morgan fingerprint density at radius 3 is 2.27 bits per heavy atom. The average molecular weight is 231 g/mol. The van der Waals surface area contributed by atoms with Crippen molar-refractivity contribution in [2.24, 2.45) is 0 Å². The summed E-state index contributed by atoms with van der Waals surface area (Å²) in [6.45, 7) is 7.48. The molecule has 88 valence electrons. The van der Waals surface area contributed by atoms with E-state index in [1.807, 2.05) is 18.7 Å². The molecule has 0 radical (unpaired) electrons. The second-order valence-electron chi connectivity index (χ2n) is 4.26. The lowest BCUT2D eigenvalue weighted by molar-refractivity contribution is -0.129. The number of hydrogen-bond donors (Lipinski definition) is 1. The summed E-state index contributed by atoms with van der Waals surface area (Å²) in [5.74, 6) is 0.227. The molecule has 1 rings (SSSR count). The lowest BCUT2D eigenvalue weighted by Gasteiger charge is -2.23. The number of carbonyl (C=O) groups is 1. The number of thioether (sulfide) groups is 1. The monoisotopic (exact) mass is 231 g/mol. The molecule has 1 heterocycles. The summed E-state index contributed by atoms with van der Waals surface area (Å²) in [5, 5.41) is 9.45. The third-order valence-electron chi connectivity index (χ3n) is 2.86. The Bertz CT molecular complexity index is 215. The van der Waals surface area contributed by atoms with Gasteiger partial charge in [0.05, 0.1) is 11.4 Å². The lowest BCUT2D eigenvalue weighted by Crippen LogP contribution is -2.35. The smallest absolute Gasteiger partial charge is 0.235 e. The molecule has 0 aliphatic carbocycles. The molecule has 0 aromatic rings. The van der Waals surface area contributed by atoms with E-state index in [1.165, 1.54) is 0 Å². The molecule has 0 bridgehead atoms. The zero-order valence-electron chi connectivity index (χ0n) is 9.77. The minimum Gasteiger partial charge on any atom is -0.392 e. The second kappa shape index (κ2) is 5.75. The van der Waals surface area contributed by atoms with Gasteiger partial charge in [0.15, 0.2) is 0 Å². The average Bonchev–Trinajstić information content (AvgIpc) is 2.68. The highest BCUT2D eigenvalue weighted by atomic mass is 32.2. The minimum absolute atomic E-state index is 0.0345. The van der Waals surface area contributed by atoms with Gasteiger partial charge in [-0.05, 0) is 26.7 Å². The van der Waals surface area contributed by atoms with E-state index in [0.717, 1.165) is 25.9 Å². The van der Waals surface area contributed by atoms with Gasteiger partial charge < -0.3 is 10.0 Å². The Morgan fingerprint density at radius 2 is 1.80 bits per heavy atom. The molecule has 0 unspecified atom stereocenters. The van der Waals surface area contributed by atoms with Crippen LogP contribution in [0.2, 0.25) is 0 Å². The van der Waals surface area contributed by atoms with Crippen molar-refractivity contribution in [1.29, 1.82) is 0 Å². The van der Waals surface area contributed by atoms with Crippen LogP contribution < -0.4 is 0 Å². The summed E-state index contributed by atoms with van der Waals surface area (Å²) < 4.78 is 0. The van der Waals surface area contributed by atoms with Crippen molar-refractivity contribution in [3.05, 3.63) is 0 Å². The number of hydrogen-bond acceptors (Lipinski definition) is 3. The van der Waals surface area contributed by atoms with E-state index in [1.54, 1.807) is 18.7 Å². The molecule has 1 aliphatic rings. The normalized spacial score (nSPS) is 22.5. The number of amides is 1. The highest BCUT2D eigenvalue weighted by Gasteiger charge is 2.25. The Labute approximate surface area is 96.2 Å². The van der Waals surface area contributed by atoms with Gasteiger partial charge in [-0.2, -0.15) is 0 Å². The van der Waals surface area contributed by atoms with E-state index < -0.39 is 0 Å². The van der Waals surface area contributed by atoms with Gasteiger partial charge in [-0.1, -0.05) is 6.92 Å². The molecule has 0 saturated carbocycles.